The molecule has 0 saturated heterocycles. The number of H-pyrrole nitrogens is 1. The molecular weight excluding hydrogens is 462 g/mol. The molecule has 0 saturated carbocycles. The Kier molecular flexibility index (Phi) is 5.92. The molecule has 5 aromatic rings. The van der Waals surface area contributed by atoms with E-state index in [2.05, 4.69) is 25.3 Å². The summed E-state index contributed by atoms with van der Waals surface area (Å²) >= 11 is 1.58. The predicted molar refractivity (Wildman–Crippen MR) is 136 cm³/mol. The number of nitrogens with one attached hydrogen (secondary N) is 2. The van der Waals surface area contributed by atoms with E-state index in [0.29, 0.717) is 34.9 Å². The maximum atomic E-state index is 12.7. The van der Waals surface area contributed by atoms with Crippen molar-refractivity contribution in [1.82, 2.24) is 25.3 Å². The van der Waals surface area contributed by atoms with Crippen LogP contribution in [0, 0.1) is 13.8 Å². The van der Waals surface area contributed by atoms with E-state index in [9.17, 15) is 9.90 Å². The number of carbonyl (C=O) groups is 1. The third-order valence-electron chi connectivity index (χ3n) is 5.75. The van der Waals surface area contributed by atoms with Gasteiger partial charge in [0.25, 0.3) is 5.91 Å². The summed E-state index contributed by atoms with van der Waals surface area (Å²) in [5.74, 6) is 0.874. The van der Waals surface area contributed by atoms with E-state index in [1.807, 2.05) is 38.1 Å². The molecule has 0 aliphatic carbocycles. The van der Waals surface area contributed by atoms with Crippen LogP contribution < -0.4 is 10.1 Å². The largest absolute Gasteiger partial charge is 0.507 e. The number of fused-ring (bicyclic) bond motifs is 1. The molecular formula is C26H23N5O3S. The zero-order chi connectivity index (χ0) is 24.5. The smallest absolute Gasteiger partial charge is 0.251 e. The first-order valence-corrected chi connectivity index (χ1v) is 11.8. The van der Waals surface area contributed by atoms with Gasteiger partial charge >= 0.3 is 0 Å². The number of aromatic amines is 1. The Morgan fingerprint density at radius 3 is 2.74 bits per heavy atom. The number of ether oxygens (including phenoxy) is 1. The number of carbonyl (C=O) groups excluding carboxylic acids is 1. The fourth-order valence-electron chi connectivity index (χ4n) is 3.81. The van der Waals surface area contributed by atoms with Crippen LogP contribution in [0.2, 0.25) is 0 Å². The van der Waals surface area contributed by atoms with Gasteiger partial charge in [-0.3, -0.25) is 4.79 Å². The van der Waals surface area contributed by atoms with Crippen molar-refractivity contribution in [3.63, 3.8) is 0 Å². The van der Waals surface area contributed by atoms with Gasteiger partial charge in [0.2, 0.25) is 5.88 Å². The number of imidazole rings is 1. The van der Waals surface area contributed by atoms with Gasteiger partial charge in [0.1, 0.15) is 16.6 Å². The van der Waals surface area contributed by atoms with E-state index in [1.165, 1.54) is 0 Å². The van der Waals surface area contributed by atoms with Gasteiger partial charge in [-0.15, -0.1) is 11.3 Å². The van der Waals surface area contributed by atoms with Gasteiger partial charge < -0.3 is 20.1 Å². The number of aromatic hydroxyl groups is 1. The number of phenols is 1. The van der Waals surface area contributed by atoms with Crippen molar-refractivity contribution in [1.29, 1.82) is 0 Å². The van der Waals surface area contributed by atoms with Crippen LogP contribution in [-0.4, -0.2) is 38.1 Å². The van der Waals surface area contributed by atoms with Gasteiger partial charge in [-0.05, 0) is 61.9 Å². The number of amides is 1. The number of nitrogens with zero attached hydrogens (tertiary/aromatic N) is 3. The molecule has 8 nitrogen and oxygen atoms in total. The average Bonchev–Trinajstić information content (AvgIpc) is 3.44. The van der Waals surface area contributed by atoms with Gasteiger partial charge in [0.05, 0.1) is 35.9 Å². The molecule has 1 amide bonds. The normalized spacial score (nSPS) is 11.1. The number of aromatic nitrogens is 4. The summed E-state index contributed by atoms with van der Waals surface area (Å²) in [4.78, 5) is 30.5. The molecule has 3 heterocycles. The van der Waals surface area contributed by atoms with Crippen molar-refractivity contribution in [2.24, 2.45) is 0 Å². The zero-order valence-corrected chi connectivity index (χ0v) is 20.2. The lowest BCUT2D eigenvalue weighted by molar-refractivity contribution is 0.0951. The van der Waals surface area contributed by atoms with Crippen molar-refractivity contribution in [3.05, 3.63) is 75.9 Å². The Morgan fingerprint density at radius 1 is 1.11 bits per heavy atom. The van der Waals surface area contributed by atoms with Crippen molar-refractivity contribution in [3.8, 4) is 34.1 Å². The number of rotatable bonds is 6. The fourth-order valence-corrected chi connectivity index (χ4v) is 4.69. The topological polar surface area (TPSA) is 113 Å². The monoisotopic (exact) mass is 485 g/mol. The van der Waals surface area contributed by atoms with Gasteiger partial charge in [-0.1, -0.05) is 6.07 Å². The molecule has 176 valence electrons. The summed E-state index contributed by atoms with van der Waals surface area (Å²) in [6, 6.07) is 14.3. The minimum Gasteiger partial charge on any atom is -0.507 e. The quantitative estimate of drug-likeness (QED) is 0.312. The van der Waals surface area contributed by atoms with Gasteiger partial charge in [-0.2, -0.15) is 0 Å². The molecule has 0 aliphatic heterocycles. The second-order valence-corrected chi connectivity index (χ2v) is 9.33. The van der Waals surface area contributed by atoms with Crippen LogP contribution in [0.1, 0.15) is 25.9 Å². The summed E-state index contributed by atoms with van der Waals surface area (Å²) in [6.45, 7) is 4.35. The van der Waals surface area contributed by atoms with Crippen molar-refractivity contribution in [2.45, 2.75) is 20.4 Å². The number of phenolic OH excluding ortho intramolecular Hbond substituents is 1. The summed E-state index contributed by atoms with van der Waals surface area (Å²) < 4.78 is 5.38. The van der Waals surface area contributed by atoms with Crippen LogP contribution in [0.4, 0.5) is 0 Å². The lowest BCUT2D eigenvalue weighted by Crippen LogP contribution is -2.22. The Morgan fingerprint density at radius 2 is 1.97 bits per heavy atom. The second kappa shape index (κ2) is 9.19. The molecule has 0 bridgehead atoms. The number of hydrogen-bond acceptors (Lipinski definition) is 7. The number of pyridine rings is 1. The van der Waals surface area contributed by atoms with Gasteiger partial charge in [0, 0.05) is 22.2 Å². The molecule has 35 heavy (non-hydrogen) atoms. The van der Waals surface area contributed by atoms with Crippen molar-refractivity contribution in [2.75, 3.05) is 7.11 Å². The van der Waals surface area contributed by atoms with E-state index in [0.717, 1.165) is 32.2 Å². The maximum Gasteiger partial charge on any atom is 0.251 e. The van der Waals surface area contributed by atoms with E-state index >= 15 is 0 Å². The summed E-state index contributed by atoms with van der Waals surface area (Å²) in [7, 11) is 1.57. The molecule has 9 heteroatoms. The number of aryl methyl sites for hydroxylation is 2. The third-order valence-corrected chi connectivity index (χ3v) is 6.82. The Labute approximate surface area is 205 Å². The van der Waals surface area contributed by atoms with Gasteiger partial charge in [-0.25, -0.2) is 15.0 Å². The van der Waals surface area contributed by atoms with E-state index in [-0.39, 0.29) is 11.7 Å². The lowest BCUT2D eigenvalue weighted by Gasteiger charge is -2.09. The molecule has 2 aromatic carbocycles. The summed E-state index contributed by atoms with van der Waals surface area (Å²) in [5.41, 5.74) is 5.03. The highest BCUT2D eigenvalue weighted by molar-refractivity contribution is 7.11. The molecule has 5 rings (SSSR count). The molecule has 0 spiro atoms. The van der Waals surface area contributed by atoms with Crippen molar-refractivity contribution >= 4 is 28.3 Å². The SMILES string of the molecule is COc1ncccc1-c1ccc(O)c(-c2nc3cc(C(=O)NCc4nc(C)c(C)s4)ccc3[nH]2)c1. The Bertz CT molecular complexity index is 1540. The highest BCUT2D eigenvalue weighted by Crippen LogP contribution is 2.35. The first kappa shape index (κ1) is 22.5. The predicted octanol–water partition coefficient (Wildman–Crippen LogP) is 5.01. The van der Waals surface area contributed by atoms with E-state index in [4.69, 9.17) is 4.74 Å². The van der Waals surface area contributed by atoms with Crippen LogP contribution in [0.15, 0.2) is 54.7 Å². The average molecular weight is 486 g/mol. The number of hydrogen-bond donors (Lipinski definition) is 3. The zero-order valence-electron chi connectivity index (χ0n) is 19.4. The molecule has 0 aliphatic rings. The van der Waals surface area contributed by atoms with Crippen LogP contribution in [0.3, 0.4) is 0 Å². The Balaban J connectivity index is 1.42. The summed E-state index contributed by atoms with van der Waals surface area (Å²) in [5, 5.41) is 14.3. The van der Waals surface area contributed by atoms with Crippen LogP contribution in [-0.2, 0) is 6.54 Å². The van der Waals surface area contributed by atoms with E-state index < -0.39 is 0 Å². The number of benzene rings is 2. The highest BCUT2D eigenvalue weighted by Gasteiger charge is 2.15. The van der Waals surface area contributed by atoms with Crippen LogP contribution >= 0.6 is 11.3 Å². The minimum absolute atomic E-state index is 0.0858. The lowest BCUT2D eigenvalue weighted by atomic mass is 10.0. The molecule has 0 atom stereocenters. The Hall–Kier alpha value is -4.24. The summed E-state index contributed by atoms with van der Waals surface area (Å²) in [6.07, 6.45) is 1.66. The standard InChI is InChI=1S/C26H23N5O3S/c1-14-15(2)35-23(29-14)13-28-25(33)17-6-8-20-21(12-17)31-24(30-20)19-11-16(7-9-22(19)32)18-5-4-10-27-26(18)34-3/h4-12,32H,13H2,1-3H3,(H,28,33)(H,30,31). The molecule has 3 N–H and O–H groups in total. The number of thiazole rings is 1. The number of methoxy groups -OCH3 is 1. The molecule has 0 radical (unpaired) electrons. The molecule has 3 aromatic heterocycles. The molecule has 0 fully saturated rings. The first-order chi connectivity index (χ1) is 16.9. The van der Waals surface area contributed by atoms with Crippen LogP contribution in [0.5, 0.6) is 11.6 Å². The second-order valence-electron chi connectivity index (χ2n) is 8.04. The van der Waals surface area contributed by atoms with Crippen LogP contribution in [0.25, 0.3) is 33.5 Å². The first-order valence-electron chi connectivity index (χ1n) is 11.0. The fraction of sp³-hybridized carbons (Fsp3) is 0.154. The third kappa shape index (κ3) is 4.45. The minimum atomic E-state index is -0.199. The van der Waals surface area contributed by atoms with Gasteiger partial charge in [0.15, 0.2) is 0 Å². The molecule has 0 unspecified atom stereocenters. The van der Waals surface area contributed by atoms with E-state index in [1.54, 1.807) is 48.9 Å². The highest BCUT2D eigenvalue weighted by atomic mass is 32.1. The van der Waals surface area contributed by atoms with Crippen molar-refractivity contribution < 1.29 is 14.6 Å². The maximum absolute atomic E-state index is 12.7.